The van der Waals surface area contributed by atoms with Gasteiger partial charge >= 0.3 is 5.97 Å². The van der Waals surface area contributed by atoms with Crippen LogP contribution >= 0.6 is 0 Å². The van der Waals surface area contributed by atoms with Crippen LogP contribution in [-0.2, 0) is 23.8 Å². The summed E-state index contributed by atoms with van der Waals surface area (Å²) in [6, 6.07) is -0.235. The van der Waals surface area contributed by atoms with E-state index in [4.69, 9.17) is 19.0 Å². The zero-order chi connectivity index (χ0) is 30.2. The molecule has 1 saturated heterocycles. The van der Waals surface area contributed by atoms with Crippen LogP contribution in [-0.4, -0.2) is 112 Å². The second-order valence-electron chi connectivity index (χ2n) is 12.7. The van der Waals surface area contributed by atoms with E-state index in [1.807, 2.05) is 32.8 Å². The Morgan fingerprint density at radius 1 is 1.12 bits per heavy atom. The molecule has 12 atom stereocenters. The van der Waals surface area contributed by atoms with Crippen LogP contribution in [0.5, 0.6) is 0 Å². The molecule has 3 heterocycles. The van der Waals surface area contributed by atoms with E-state index in [-0.39, 0.29) is 31.1 Å². The van der Waals surface area contributed by atoms with Gasteiger partial charge in [-0.1, -0.05) is 25.9 Å². The Balaban J connectivity index is 2.04. The summed E-state index contributed by atoms with van der Waals surface area (Å²) in [7, 11) is 3.75. The molecule has 0 aromatic heterocycles. The van der Waals surface area contributed by atoms with Gasteiger partial charge in [-0.3, -0.25) is 4.79 Å². The number of hydrogen-bond donors (Lipinski definition) is 4. The summed E-state index contributed by atoms with van der Waals surface area (Å²) >= 11 is 0. The molecular formula is C29H50N2O9. The summed E-state index contributed by atoms with van der Waals surface area (Å²) < 4.78 is 18.1. The van der Waals surface area contributed by atoms with E-state index in [1.165, 1.54) is 0 Å². The fourth-order valence-electron chi connectivity index (χ4n) is 6.38. The van der Waals surface area contributed by atoms with Gasteiger partial charge in [-0.25, -0.2) is 0 Å². The fourth-order valence-corrected chi connectivity index (χ4v) is 6.38. The van der Waals surface area contributed by atoms with Gasteiger partial charge in [0.2, 0.25) is 0 Å². The molecule has 1 fully saturated rings. The maximum absolute atomic E-state index is 13.2. The lowest BCUT2D eigenvalue weighted by molar-refractivity contribution is -0.298. The van der Waals surface area contributed by atoms with Gasteiger partial charge in [-0.05, 0) is 67.1 Å². The van der Waals surface area contributed by atoms with Crippen molar-refractivity contribution in [2.75, 3.05) is 20.7 Å². The first kappa shape index (κ1) is 32.9. The molecule has 0 saturated carbocycles. The van der Waals surface area contributed by atoms with Crippen molar-refractivity contribution in [3.05, 3.63) is 11.6 Å². The first-order chi connectivity index (χ1) is 18.5. The molecule has 3 aliphatic rings. The molecular weight excluding hydrogens is 520 g/mol. The number of carbonyl (C=O) groups excluding carboxylic acids is 1. The van der Waals surface area contributed by atoms with Crippen molar-refractivity contribution in [2.45, 2.75) is 122 Å². The second kappa shape index (κ2) is 12.7. The largest absolute Gasteiger partial charge is 0.459 e. The summed E-state index contributed by atoms with van der Waals surface area (Å²) in [6.07, 6.45) is -2.78. The number of aliphatic hydroxyl groups is 4. The van der Waals surface area contributed by atoms with Gasteiger partial charge < -0.3 is 44.4 Å². The van der Waals surface area contributed by atoms with E-state index in [0.717, 1.165) is 0 Å². The summed E-state index contributed by atoms with van der Waals surface area (Å²) in [4.78, 5) is 20.5. The summed E-state index contributed by atoms with van der Waals surface area (Å²) in [5.74, 6) is -2.78. The Hall–Kier alpha value is -1.60. The normalized spacial score (nSPS) is 45.6. The minimum Gasteiger partial charge on any atom is -0.459 e. The molecule has 0 bridgehead atoms. The highest BCUT2D eigenvalue weighted by Gasteiger charge is 2.49. The SMILES string of the molecule is CC[C@H]1OC(=O)[C@H](C)[C@@H](O)[C@H](C)[C@@H](OC2O[C@H](C)C[C@H](N(C)C)[C@H]2O)[C@@](C)(O)C[C@@H](C)C2=NOCC2=C[C@]1(C)O. The Morgan fingerprint density at radius 3 is 2.38 bits per heavy atom. The van der Waals surface area contributed by atoms with Crippen molar-refractivity contribution in [1.29, 1.82) is 0 Å². The molecule has 3 aliphatic heterocycles. The first-order valence-corrected chi connectivity index (χ1v) is 14.4. The predicted molar refractivity (Wildman–Crippen MR) is 148 cm³/mol. The minimum absolute atomic E-state index is 0.139. The maximum atomic E-state index is 13.2. The van der Waals surface area contributed by atoms with Crippen molar-refractivity contribution in [3.63, 3.8) is 0 Å². The Morgan fingerprint density at radius 2 is 1.77 bits per heavy atom. The van der Waals surface area contributed by atoms with Crippen LogP contribution in [0.15, 0.2) is 16.8 Å². The van der Waals surface area contributed by atoms with E-state index in [9.17, 15) is 25.2 Å². The molecule has 0 aliphatic carbocycles. The molecule has 230 valence electrons. The summed E-state index contributed by atoms with van der Waals surface area (Å²) in [5, 5.41) is 50.0. The van der Waals surface area contributed by atoms with E-state index in [0.29, 0.717) is 24.1 Å². The van der Waals surface area contributed by atoms with Crippen molar-refractivity contribution >= 4 is 11.7 Å². The molecule has 3 rings (SSSR count). The van der Waals surface area contributed by atoms with Gasteiger partial charge in [0.05, 0.1) is 35.5 Å². The van der Waals surface area contributed by atoms with Crippen LogP contribution in [0.1, 0.15) is 67.7 Å². The Labute approximate surface area is 238 Å². The molecule has 40 heavy (non-hydrogen) atoms. The number of likely N-dealkylation sites (N-methyl/N-ethyl adjacent to an activating group) is 1. The van der Waals surface area contributed by atoms with Crippen molar-refractivity contribution in [2.24, 2.45) is 22.9 Å². The van der Waals surface area contributed by atoms with Crippen molar-refractivity contribution < 1.29 is 44.3 Å². The van der Waals surface area contributed by atoms with Gasteiger partial charge in [0.25, 0.3) is 0 Å². The standard InChI is InChI=1S/C29H50N2O9/c1-10-21-28(6,35)13-19-14-37-30-22(19)15(2)12-29(7,36)25(17(4)23(32)18(5)26(34)39-21)40-27-24(33)20(31(8)9)11-16(3)38-27/h13,15-18,20-21,23-25,27,32-33,35-36H,10-12,14H2,1-9H3/t15-,16-,17+,18-,20+,21-,23+,24-,25-,27?,28+,29+/m1/s1. The molecule has 1 unspecified atom stereocenters. The van der Waals surface area contributed by atoms with E-state index in [1.54, 1.807) is 40.7 Å². The zero-order valence-corrected chi connectivity index (χ0v) is 25.4. The number of hydrogen-bond acceptors (Lipinski definition) is 11. The molecule has 11 heteroatoms. The summed E-state index contributed by atoms with van der Waals surface area (Å²) in [6.45, 7) is 12.2. The highest BCUT2D eigenvalue weighted by atomic mass is 16.7. The molecule has 0 aromatic carbocycles. The zero-order valence-electron chi connectivity index (χ0n) is 25.4. The number of ether oxygens (including phenoxy) is 3. The number of fused-ring (bicyclic) bond motifs is 1. The predicted octanol–water partition coefficient (Wildman–Crippen LogP) is 1.61. The van der Waals surface area contributed by atoms with Crippen LogP contribution < -0.4 is 0 Å². The third kappa shape index (κ3) is 7.06. The monoisotopic (exact) mass is 570 g/mol. The topological polar surface area (TPSA) is 151 Å². The fraction of sp³-hybridized carbons (Fsp3) is 0.862. The van der Waals surface area contributed by atoms with Gasteiger partial charge in [0.1, 0.15) is 24.4 Å². The number of cyclic esters (lactones) is 1. The van der Waals surface area contributed by atoms with Crippen LogP contribution in [0.25, 0.3) is 0 Å². The maximum Gasteiger partial charge on any atom is 0.311 e. The number of nitrogens with zero attached hydrogens (tertiary/aromatic N) is 2. The summed E-state index contributed by atoms with van der Waals surface area (Å²) in [5.41, 5.74) is -1.87. The lowest BCUT2D eigenvalue weighted by Gasteiger charge is -2.46. The molecule has 0 spiro atoms. The minimum atomic E-state index is -1.56. The van der Waals surface area contributed by atoms with Crippen LogP contribution in [0.2, 0.25) is 0 Å². The molecule has 0 amide bonds. The number of esters is 1. The highest BCUT2D eigenvalue weighted by Crippen LogP contribution is 2.37. The second-order valence-corrected chi connectivity index (χ2v) is 12.7. The number of oxime groups is 1. The first-order valence-electron chi connectivity index (χ1n) is 14.4. The lowest BCUT2D eigenvalue weighted by atomic mass is 9.76. The smallest absolute Gasteiger partial charge is 0.311 e. The average molecular weight is 571 g/mol. The average Bonchev–Trinajstić information content (AvgIpc) is 3.32. The van der Waals surface area contributed by atoms with Gasteiger partial charge in [-0.2, -0.15) is 0 Å². The molecule has 4 N–H and O–H groups in total. The quantitative estimate of drug-likeness (QED) is 0.367. The van der Waals surface area contributed by atoms with Gasteiger partial charge in [0.15, 0.2) is 6.29 Å². The van der Waals surface area contributed by atoms with E-state index < -0.39 is 59.7 Å². The van der Waals surface area contributed by atoms with Crippen molar-refractivity contribution in [1.82, 2.24) is 4.90 Å². The highest BCUT2D eigenvalue weighted by molar-refractivity contribution is 6.02. The third-order valence-electron chi connectivity index (χ3n) is 8.72. The Bertz CT molecular complexity index is 950. The lowest BCUT2D eigenvalue weighted by Crippen LogP contribution is -2.59. The van der Waals surface area contributed by atoms with E-state index >= 15 is 0 Å². The van der Waals surface area contributed by atoms with Crippen LogP contribution in [0.3, 0.4) is 0 Å². The number of rotatable bonds is 4. The molecule has 11 nitrogen and oxygen atoms in total. The van der Waals surface area contributed by atoms with E-state index in [2.05, 4.69) is 5.16 Å². The third-order valence-corrected chi connectivity index (χ3v) is 8.72. The Kier molecular flexibility index (Phi) is 10.5. The number of carbonyl (C=O) groups is 1. The van der Waals surface area contributed by atoms with Crippen molar-refractivity contribution in [3.8, 4) is 0 Å². The molecule has 0 aromatic rings. The number of aliphatic hydroxyl groups excluding tert-OH is 2. The van der Waals surface area contributed by atoms with Gasteiger partial charge in [-0.15, -0.1) is 0 Å². The molecule has 0 radical (unpaired) electrons. The van der Waals surface area contributed by atoms with Gasteiger partial charge in [0, 0.05) is 23.5 Å². The van der Waals surface area contributed by atoms with Crippen LogP contribution in [0, 0.1) is 17.8 Å². The van der Waals surface area contributed by atoms with Crippen LogP contribution in [0.4, 0.5) is 0 Å².